The van der Waals surface area contributed by atoms with Gasteiger partial charge in [-0.2, -0.15) is 0 Å². The third-order valence-electron chi connectivity index (χ3n) is 5.47. The number of amides is 2. The normalized spacial score (nSPS) is 14.6. The molecule has 6 nitrogen and oxygen atoms in total. The molecule has 162 valence electrons. The van der Waals surface area contributed by atoms with Crippen LogP contribution in [-0.2, 0) is 25.8 Å². The summed E-state index contributed by atoms with van der Waals surface area (Å²) in [6.07, 6.45) is 4.94. The van der Waals surface area contributed by atoms with Crippen LogP contribution < -0.4 is 10.2 Å². The Hall–Kier alpha value is -1.41. The molecule has 1 aromatic rings. The number of hydrogen-bond acceptors (Lipinski definition) is 4. The summed E-state index contributed by atoms with van der Waals surface area (Å²) in [5.41, 5.74) is 1.59. The largest absolute Gasteiger partial charge is 0.356 e. The molecular weight excluding hydrogens is 456 g/mol. The predicted octanol–water partition coefficient (Wildman–Crippen LogP) is 3.85. The fraction of sp³-hybridized carbons (Fsp3) is 0.619. The van der Waals surface area contributed by atoms with E-state index in [4.69, 9.17) is 0 Å². The number of fused-ring (bicyclic) bond motifs is 1. The number of carbonyl (C=O) groups is 2. The highest BCUT2D eigenvalue weighted by Crippen LogP contribution is 2.36. The number of sulfone groups is 1. The lowest BCUT2D eigenvalue weighted by Crippen LogP contribution is -2.30. The molecule has 1 N–H and O–H groups in total. The second-order valence-corrected chi connectivity index (χ2v) is 10.6. The summed E-state index contributed by atoms with van der Waals surface area (Å²) in [7, 11) is -3.66. The Balaban J connectivity index is 2.02. The summed E-state index contributed by atoms with van der Waals surface area (Å²) >= 11 is 3.35. The summed E-state index contributed by atoms with van der Waals surface area (Å²) in [5, 5.41) is 2.88. The van der Waals surface area contributed by atoms with Crippen LogP contribution in [0.1, 0.15) is 58.4 Å². The first-order valence-corrected chi connectivity index (χ1v) is 12.7. The molecule has 0 radical (unpaired) electrons. The van der Waals surface area contributed by atoms with Gasteiger partial charge in [-0.25, -0.2) is 8.42 Å². The second-order valence-electron chi connectivity index (χ2n) is 7.62. The molecule has 2 rings (SSSR count). The number of benzene rings is 1. The zero-order chi connectivity index (χ0) is 21.6. The summed E-state index contributed by atoms with van der Waals surface area (Å²) in [6.45, 7) is 6.86. The van der Waals surface area contributed by atoms with E-state index in [2.05, 4.69) is 35.1 Å². The van der Waals surface area contributed by atoms with E-state index in [0.29, 0.717) is 35.6 Å². The smallest absolute Gasteiger partial charge is 0.223 e. The van der Waals surface area contributed by atoms with E-state index in [9.17, 15) is 18.0 Å². The SMILES string of the molecule is CCCC[C@@H](CC)CNC(=O)CCS(=O)(=O)c1cc2c(cc1Br)CCN2C(C)=O. The van der Waals surface area contributed by atoms with E-state index < -0.39 is 9.84 Å². The highest BCUT2D eigenvalue weighted by molar-refractivity contribution is 9.10. The Kier molecular flexibility index (Phi) is 8.70. The zero-order valence-corrected chi connectivity index (χ0v) is 19.9. The first-order valence-electron chi connectivity index (χ1n) is 10.3. The van der Waals surface area contributed by atoms with Crippen molar-refractivity contribution in [3.63, 3.8) is 0 Å². The average Bonchev–Trinajstić information content (AvgIpc) is 3.09. The van der Waals surface area contributed by atoms with E-state index in [0.717, 1.165) is 31.2 Å². The standard InChI is InChI=1S/C21H31BrN2O4S/c1-4-6-7-16(5-2)14-23-21(26)9-11-29(27,28)20-13-19-17(12-18(20)22)8-10-24(19)15(3)25/h12-13,16H,4-11,14H2,1-3H3,(H,23,26)/t16-/m1/s1. The van der Waals surface area contributed by atoms with Crippen LogP contribution in [0.4, 0.5) is 5.69 Å². The summed E-state index contributed by atoms with van der Waals surface area (Å²) in [5.74, 6) is -0.186. The molecule has 0 saturated heterocycles. The molecule has 0 aliphatic carbocycles. The number of hydrogen-bond donors (Lipinski definition) is 1. The highest BCUT2D eigenvalue weighted by Gasteiger charge is 2.27. The molecule has 0 saturated carbocycles. The maximum absolute atomic E-state index is 12.9. The molecule has 1 aromatic carbocycles. The summed E-state index contributed by atoms with van der Waals surface area (Å²) < 4.78 is 26.2. The van der Waals surface area contributed by atoms with Crippen molar-refractivity contribution < 1.29 is 18.0 Å². The first-order chi connectivity index (χ1) is 13.7. The van der Waals surface area contributed by atoms with E-state index in [-0.39, 0.29) is 28.9 Å². The van der Waals surface area contributed by atoms with Crippen molar-refractivity contribution in [3.05, 3.63) is 22.2 Å². The lowest BCUT2D eigenvalue weighted by atomic mass is 9.99. The van der Waals surface area contributed by atoms with Crippen LogP contribution in [0.3, 0.4) is 0 Å². The number of carbonyl (C=O) groups excluding carboxylic acids is 2. The molecule has 8 heteroatoms. The van der Waals surface area contributed by atoms with Crippen molar-refractivity contribution in [3.8, 4) is 0 Å². The quantitative estimate of drug-likeness (QED) is 0.544. The fourth-order valence-electron chi connectivity index (χ4n) is 3.58. The lowest BCUT2D eigenvalue weighted by Gasteiger charge is -2.17. The van der Waals surface area contributed by atoms with Crippen LogP contribution in [0, 0.1) is 5.92 Å². The Bertz CT molecular complexity index is 854. The van der Waals surface area contributed by atoms with Gasteiger partial charge in [0.15, 0.2) is 9.84 Å². The van der Waals surface area contributed by atoms with Gasteiger partial charge in [0.05, 0.1) is 10.6 Å². The van der Waals surface area contributed by atoms with E-state index in [1.54, 1.807) is 17.0 Å². The second kappa shape index (κ2) is 10.6. The first kappa shape index (κ1) is 23.9. The Morgan fingerprint density at radius 3 is 2.62 bits per heavy atom. The van der Waals surface area contributed by atoms with Crippen LogP contribution in [-0.4, -0.2) is 39.1 Å². The third-order valence-corrected chi connectivity index (χ3v) is 8.14. The van der Waals surface area contributed by atoms with Crippen molar-refractivity contribution >= 4 is 43.3 Å². The molecule has 1 heterocycles. The molecule has 1 aliphatic rings. The Labute approximate surface area is 182 Å². The van der Waals surface area contributed by atoms with Crippen molar-refractivity contribution in [2.75, 3.05) is 23.7 Å². The summed E-state index contributed by atoms with van der Waals surface area (Å²) in [6, 6.07) is 3.32. The molecule has 0 bridgehead atoms. The molecule has 1 atom stereocenters. The predicted molar refractivity (Wildman–Crippen MR) is 119 cm³/mol. The van der Waals surface area contributed by atoms with Gasteiger partial charge in [-0.1, -0.05) is 33.1 Å². The topological polar surface area (TPSA) is 83.6 Å². The molecule has 0 aromatic heterocycles. The van der Waals surface area contributed by atoms with Crippen LogP contribution in [0.2, 0.25) is 0 Å². The van der Waals surface area contributed by atoms with Crippen LogP contribution >= 0.6 is 15.9 Å². The van der Waals surface area contributed by atoms with Gasteiger partial charge in [0, 0.05) is 36.6 Å². The average molecular weight is 487 g/mol. The molecule has 0 fully saturated rings. The molecule has 0 spiro atoms. The van der Waals surface area contributed by atoms with Crippen molar-refractivity contribution in [2.45, 2.75) is 64.2 Å². The van der Waals surface area contributed by atoms with Crippen LogP contribution in [0.5, 0.6) is 0 Å². The third kappa shape index (κ3) is 6.28. The van der Waals surface area contributed by atoms with Crippen molar-refractivity contribution in [2.24, 2.45) is 5.92 Å². The van der Waals surface area contributed by atoms with Crippen LogP contribution in [0.15, 0.2) is 21.5 Å². The summed E-state index contributed by atoms with van der Waals surface area (Å²) in [4.78, 5) is 25.7. The number of anilines is 1. The van der Waals surface area contributed by atoms with E-state index in [1.807, 2.05) is 0 Å². The van der Waals surface area contributed by atoms with E-state index >= 15 is 0 Å². The maximum Gasteiger partial charge on any atom is 0.223 e. The minimum absolute atomic E-state index is 0.0769. The zero-order valence-electron chi connectivity index (χ0n) is 17.5. The molecule has 1 aliphatic heterocycles. The molecule has 29 heavy (non-hydrogen) atoms. The van der Waals surface area contributed by atoms with Crippen molar-refractivity contribution in [1.82, 2.24) is 5.32 Å². The Morgan fingerprint density at radius 1 is 1.28 bits per heavy atom. The fourth-order valence-corrected chi connectivity index (χ4v) is 6.03. The van der Waals surface area contributed by atoms with Gasteiger partial charge < -0.3 is 10.2 Å². The van der Waals surface area contributed by atoms with Gasteiger partial charge in [-0.15, -0.1) is 0 Å². The molecular formula is C21H31BrN2O4S. The molecule has 0 unspecified atom stereocenters. The minimum Gasteiger partial charge on any atom is -0.356 e. The van der Waals surface area contributed by atoms with Crippen LogP contribution in [0.25, 0.3) is 0 Å². The van der Waals surface area contributed by atoms with Crippen molar-refractivity contribution in [1.29, 1.82) is 0 Å². The number of nitrogens with one attached hydrogen (secondary N) is 1. The molecule has 2 amide bonds. The van der Waals surface area contributed by atoms with Gasteiger partial charge in [0.1, 0.15) is 0 Å². The number of halogens is 1. The maximum atomic E-state index is 12.9. The number of nitrogens with zero attached hydrogens (tertiary/aromatic N) is 1. The van der Waals surface area contributed by atoms with Gasteiger partial charge in [0.2, 0.25) is 11.8 Å². The minimum atomic E-state index is -3.66. The number of unbranched alkanes of at least 4 members (excludes halogenated alkanes) is 1. The van der Waals surface area contributed by atoms with Gasteiger partial charge in [-0.05, 0) is 52.4 Å². The van der Waals surface area contributed by atoms with Gasteiger partial charge >= 0.3 is 0 Å². The Morgan fingerprint density at radius 2 is 2.00 bits per heavy atom. The number of rotatable bonds is 10. The van der Waals surface area contributed by atoms with E-state index in [1.165, 1.54) is 6.92 Å². The monoisotopic (exact) mass is 486 g/mol. The van der Waals surface area contributed by atoms with Gasteiger partial charge in [0.25, 0.3) is 0 Å². The highest BCUT2D eigenvalue weighted by atomic mass is 79.9. The lowest BCUT2D eigenvalue weighted by molar-refractivity contribution is -0.121. The van der Waals surface area contributed by atoms with Gasteiger partial charge in [-0.3, -0.25) is 9.59 Å².